The molecule has 0 amide bonds. The van der Waals surface area contributed by atoms with Gasteiger partial charge in [0.1, 0.15) is 0 Å². The molecule has 0 radical (unpaired) electrons. The van der Waals surface area contributed by atoms with E-state index in [1.807, 2.05) is 0 Å². The van der Waals surface area contributed by atoms with Gasteiger partial charge in [0, 0.05) is 0 Å². The summed E-state index contributed by atoms with van der Waals surface area (Å²) in [6, 6.07) is 0. The summed E-state index contributed by atoms with van der Waals surface area (Å²) in [7, 11) is 0. The predicted molar refractivity (Wildman–Crippen MR) is 58.9 cm³/mol. The fourth-order valence-electron chi connectivity index (χ4n) is 1.19. The van der Waals surface area contributed by atoms with Crippen LogP contribution in [0.15, 0.2) is 0 Å². The van der Waals surface area contributed by atoms with E-state index in [4.69, 9.17) is 0 Å². The molecule has 0 saturated carbocycles. The third kappa shape index (κ3) is 7.18. The van der Waals surface area contributed by atoms with Crippen molar-refractivity contribution in [1.82, 2.24) is 4.23 Å². The molecule has 0 saturated heterocycles. The molecule has 2 heteroatoms. The van der Waals surface area contributed by atoms with E-state index < -0.39 is 14.9 Å². The van der Waals surface area contributed by atoms with Gasteiger partial charge < -0.3 is 0 Å². The molecular weight excluding hydrogens is 209 g/mol. The monoisotopic (exact) mass is 233 g/mol. The Hall–Kier alpha value is 0.518. The summed E-state index contributed by atoms with van der Waals surface area (Å²) in [5.41, 5.74) is 0. The van der Waals surface area contributed by atoms with Crippen LogP contribution < -0.4 is 4.23 Å². The van der Waals surface area contributed by atoms with Crippen LogP contribution >= 0.6 is 0 Å². The summed E-state index contributed by atoms with van der Waals surface area (Å²) in [6.07, 6.45) is 5.61. The van der Waals surface area contributed by atoms with Crippen molar-refractivity contribution in [2.45, 2.75) is 56.9 Å². The van der Waals surface area contributed by atoms with E-state index in [-0.39, 0.29) is 0 Å². The molecule has 1 nitrogen and oxygen atoms in total. The molecule has 0 aliphatic carbocycles. The predicted octanol–water partition coefficient (Wildman–Crippen LogP) is 3.19. The van der Waals surface area contributed by atoms with Crippen molar-refractivity contribution in [3.63, 3.8) is 0 Å². The molecule has 0 aromatic carbocycles. The molecule has 0 fully saturated rings. The molecule has 0 bridgehead atoms. The minimum absolute atomic E-state index is 0.584. The summed E-state index contributed by atoms with van der Waals surface area (Å²) in [5, 5.41) is 3.02. The summed E-state index contributed by atoms with van der Waals surface area (Å²) in [6.45, 7) is 8.00. The molecule has 0 aliphatic heterocycles. The number of hydrogen-bond acceptors (Lipinski definition) is 1. The molecule has 0 atom stereocenters. The number of rotatable bonds is 8. The van der Waals surface area contributed by atoms with Gasteiger partial charge in [-0.3, -0.25) is 0 Å². The first-order valence-electron chi connectivity index (χ1n) is 5.33. The van der Waals surface area contributed by atoms with Crippen molar-refractivity contribution in [2.75, 3.05) is 6.54 Å². The van der Waals surface area contributed by atoms with E-state index in [0.717, 1.165) is 0 Å². The van der Waals surface area contributed by atoms with Crippen LogP contribution in [0, 0.1) is 0 Å². The van der Waals surface area contributed by atoms with E-state index in [9.17, 15) is 0 Å². The Bertz CT molecular complexity index is 77.9. The molecule has 1 N–H and O–H groups in total. The van der Waals surface area contributed by atoms with E-state index in [1.54, 1.807) is 0 Å². The zero-order valence-corrected chi connectivity index (χ0v) is 10.8. The van der Waals surface area contributed by atoms with Crippen LogP contribution in [0.25, 0.3) is 0 Å². The van der Waals surface area contributed by atoms with Crippen molar-refractivity contribution < 1.29 is 0 Å². The minimum atomic E-state index is -0.584. The molecule has 0 rings (SSSR count). The Morgan fingerprint density at radius 1 is 0.917 bits per heavy atom. The first kappa shape index (κ1) is 12.5. The molecule has 0 aromatic heterocycles. The van der Waals surface area contributed by atoms with Gasteiger partial charge in [-0.25, -0.2) is 0 Å². The second-order valence-corrected chi connectivity index (χ2v) is 8.01. The molecule has 74 valence electrons. The van der Waals surface area contributed by atoms with Crippen molar-refractivity contribution in [3.8, 4) is 0 Å². The van der Waals surface area contributed by atoms with Gasteiger partial charge >= 0.3 is 82.5 Å². The third-order valence-electron chi connectivity index (χ3n) is 1.94. The van der Waals surface area contributed by atoms with Gasteiger partial charge in [-0.15, -0.1) is 0 Å². The average Bonchev–Trinajstić information content (AvgIpc) is 2.10. The molecule has 0 spiro atoms. The summed E-state index contributed by atoms with van der Waals surface area (Å²) >= 11 is -0.584. The van der Waals surface area contributed by atoms with Crippen LogP contribution in [0.3, 0.4) is 0 Å². The normalized spacial score (nSPS) is 11.0. The fraction of sp³-hybridized carbons (Fsp3) is 1.00. The third-order valence-corrected chi connectivity index (χ3v) is 7.14. The Morgan fingerprint density at radius 2 is 1.42 bits per heavy atom. The molecule has 0 unspecified atom stereocenters. The molecule has 0 aliphatic rings. The Labute approximate surface area is 82.8 Å². The molecule has 12 heavy (non-hydrogen) atoms. The first-order chi connectivity index (χ1) is 5.85. The average molecular weight is 233 g/mol. The van der Waals surface area contributed by atoms with E-state index in [0.29, 0.717) is 0 Å². The zero-order valence-electron chi connectivity index (χ0n) is 8.90. The van der Waals surface area contributed by atoms with Crippen molar-refractivity contribution >= 4 is 14.9 Å². The summed E-state index contributed by atoms with van der Waals surface area (Å²) in [4.78, 5) is 0. The SMILES string of the molecule is CCCC[As](CCCC)NCC. The van der Waals surface area contributed by atoms with Gasteiger partial charge in [0.15, 0.2) is 0 Å². The zero-order chi connectivity index (χ0) is 9.23. The molecule has 0 aromatic rings. The van der Waals surface area contributed by atoms with Gasteiger partial charge in [0.05, 0.1) is 0 Å². The van der Waals surface area contributed by atoms with Crippen molar-refractivity contribution in [3.05, 3.63) is 0 Å². The van der Waals surface area contributed by atoms with Crippen LogP contribution in [0.4, 0.5) is 0 Å². The van der Waals surface area contributed by atoms with Crippen LogP contribution in [0.5, 0.6) is 0 Å². The van der Waals surface area contributed by atoms with Crippen LogP contribution in [-0.2, 0) is 0 Å². The summed E-state index contributed by atoms with van der Waals surface area (Å²) < 4.78 is 3.70. The van der Waals surface area contributed by atoms with Crippen LogP contribution in [0.2, 0.25) is 10.4 Å². The fourth-order valence-corrected chi connectivity index (χ4v) is 6.19. The van der Waals surface area contributed by atoms with Crippen LogP contribution in [0.1, 0.15) is 46.5 Å². The van der Waals surface area contributed by atoms with Crippen molar-refractivity contribution in [1.29, 1.82) is 0 Å². The van der Waals surface area contributed by atoms with Gasteiger partial charge in [0.2, 0.25) is 0 Å². The van der Waals surface area contributed by atoms with E-state index in [1.165, 1.54) is 42.6 Å². The number of unbranched alkanes of at least 4 members (excludes halogenated alkanes) is 2. The number of hydrogen-bond donors (Lipinski definition) is 1. The van der Waals surface area contributed by atoms with Crippen LogP contribution in [-0.4, -0.2) is 21.4 Å². The first-order valence-corrected chi connectivity index (χ1v) is 8.92. The molecular formula is C10H24AsN. The van der Waals surface area contributed by atoms with E-state index in [2.05, 4.69) is 25.0 Å². The quantitative estimate of drug-likeness (QED) is 0.635. The van der Waals surface area contributed by atoms with Crippen molar-refractivity contribution in [2.24, 2.45) is 0 Å². The summed E-state index contributed by atoms with van der Waals surface area (Å²) in [5.74, 6) is 0. The second kappa shape index (κ2) is 9.61. The van der Waals surface area contributed by atoms with Gasteiger partial charge in [0.25, 0.3) is 0 Å². The van der Waals surface area contributed by atoms with Gasteiger partial charge in [-0.1, -0.05) is 0 Å². The van der Waals surface area contributed by atoms with E-state index >= 15 is 0 Å². The standard InChI is InChI=1S/C10H24AsN/c1-4-7-9-11(12-6-3)10-8-5-2/h12H,4-10H2,1-3H3. The number of nitrogens with one attached hydrogen (secondary N) is 1. The van der Waals surface area contributed by atoms with Gasteiger partial charge in [-0.2, -0.15) is 0 Å². The maximum atomic E-state index is 3.70. The molecule has 0 heterocycles. The van der Waals surface area contributed by atoms with Gasteiger partial charge in [-0.05, 0) is 0 Å². The second-order valence-electron chi connectivity index (χ2n) is 3.21. The Kier molecular flexibility index (Phi) is 10.0. The Morgan fingerprint density at radius 3 is 1.75 bits per heavy atom. The maximum absolute atomic E-state index is 3.70. The Balaban J connectivity index is 3.40. The topological polar surface area (TPSA) is 12.0 Å².